The van der Waals surface area contributed by atoms with Gasteiger partial charge in [0.1, 0.15) is 12.9 Å². The number of nitrogens with zero attached hydrogens (tertiary/aromatic N) is 2. The van der Waals surface area contributed by atoms with Gasteiger partial charge in [0.15, 0.2) is 6.61 Å². The first-order chi connectivity index (χ1) is 10.8. The second kappa shape index (κ2) is 6.80. The smallest absolute Gasteiger partial charge is 0.342 e. The number of aromatic nitrogens is 2. The van der Waals surface area contributed by atoms with Crippen LogP contribution in [0.5, 0.6) is 11.8 Å². The maximum Gasteiger partial charge on any atom is 0.342 e. The lowest BCUT2D eigenvalue weighted by Gasteiger charge is -2.22. The third kappa shape index (κ3) is 4.80. The van der Waals surface area contributed by atoms with Crippen LogP contribution in [0.2, 0.25) is 0 Å². The fourth-order valence-corrected chi connectivity index (χ4v) is 1.50. The van der Waals surface area contributed by atoms with Gasteiger partial charge in [-0.1, -0.05) is 30.3 Å². The van der Waals surface area contributed by atoms with E-state index >= 15 is 0 Å². The topological polar surface area (TPSA) is 44.2 Å². The molecule has 0 unspecified atom stereocenters. The highest BCUT2D eigenvalue weighted by atomic mass is 19.3. The fourth-order valence-electron chi connectivity index (χ4n) is 1.50. The van der Waals surface area contributed by atoms with Crippen LogP contribution < -0.4 is 9.47 Å². The zero-order valence-corrected chi connectivity index (χ0v) is 12.2. The number of hydrogen-bond donors (Lipinski definition) is 0. The monoisotopic (exact) mass is 330 g/mol. The third-order valence-corrected chi connectivity index (χ3v) is 2.89. The van der Waals surface area contributed by atoms with E-state index in [9.17, 15) is 17.6 Å². The second-order valence-corrected chi connectivity index (χ2v) is 4.85. The molecule has 0 spiro atoms. The van der Waals surface area contributed by atoms with Crippen LogP contribution in [0.1, 0.15) is 12.5 Å². The molecule has 0 atom stereocenters. The highest BCUT2D eigenvalue weighted by Crippen LogP contribution is 2.34. The van der Waals surface area contributed by atoms with Gasteiger partial charge in [-0.05, 0) is 5.56 Å². The molecule has 0 amide bonds. The molecule has 0 N–H and O–H groups in total. The molecule has 0 aliphatic carbocycles. The number of hydrogen-bond acceptors (Lipinski definition) is 4. The van der Waals surface area contributed by atoms with Crippen molar-refractivity contribution >= 4 is 0 Å². The summed E-state index contributed by atoms with van der Waals surface area (Å²) in [5.74, 6) is -8.67. The molecule has 8 heteroatoms. The molecular formula is C15H14F4N2O2. The average Bonchev–Trinajstić information content (AvgIpc) is 2.51. The van der Waals surface area contributed by atoms with Gasteiger partial charge in [-0.15, -0.1) is 0 Å². The summed E-state index contributed by atoms with van der Waals surface area (Å²) in [4.78, 5) is 7.39. The van der Waals surface area contributed by atoms with Crippen LogP contribution in [0.4, 0.5) is 17.6 Å². The van der Waals surface area contributed by atoms with Crippen LogP contribution in [0.15, 0.2) is 42.7 Å². The summed E-state index contributed by atoms with van der Waals surface area (Å²) >= 11 is 0. The van der Waals surface area contributed by atoms with Crippen molar-refractivity contribution in [2.45, 2.75) is 25.4 Å². The van der Waals surface area contributed by atoms with E-state index in [1.165, 1.54) is 0 Å². The molecule has 1 heterocycles. The predicted octanol–water partition coefficient (Wildman–Crippen LogP) is 3.72. The Morgan fingerprint density at radius 3 is 2.17 bits per heavy atom. The van der Waals surface area contributed by atoms with E-state index < -0.39 is 18.5 Å². The van der Waals surface area contributed by atoms with Crippen molar-refractivity contribution in [3.8, 4) is 11.8 Å². The lowest BCUT2D eigenvalue weighted by Crippen LogP contribution is -2.42. The average molecular weight is 330 g/mol. The molecule has 0 bridgehead atoms. The Morgan fingerprint density at radius 2 is 1.57 bits per heavy atom. The van der Waals surface area contributed by atoms with E-state index in [1.807, 2.05) is 30.3 Å². The van der Waals surface area contributed by atoms with Crippen molar-refractivity contribution in [1.82, 2.24) is 9.97 Å². The Labute approximate surface area is 130 Å². The van der Waals surface area contributed by atoms with Gasteiger partial charge in [0.2, 0.25) is 11.8 Å². The molecule has 0 aliphatic heterocycles. The van der Waals surface area contributed by atoms with Crippen LogP contribution in [0.25, 0.3) is 0 Å². The van der Waals surface area contributed by atoms with Crippen LogP contribution in [-0.4, -0.2) is 28.4 Å². The molecule has 0 fully saturated rings. The molecule has 1 aromatic carbocycles. The summed E-state index contributed by atoms with van der Waals surface area (Å²) in [5.41, 5.74) is 0.880. The van der Waals surface area contributed by atoms with E-state index in [2.05, 4.69) is 14.7 Å². The van der Waals surface area contributed by atoms with Crippen molar-refractivity contribution in [3.63, 3.8) is 0 Å². The van der Waals surface area contributed by atoms with Crippen molar-refractivity contribution in [1.29, 1.82) is 0 Å². The molecule has 0 saturated heterocycles. The lowest BCUT2D eigenvalue weighted by molar-refractivity contribution is -0.211. The largest absolute Gasteiger partial charge is 0.473 e. The first-order valence-electron chi connectivity index (χ1n) is 6.65. The van der Waals surface area contributed by atoms with Crippen LogP contribution in [0.3, 0.4) is 0 Å². The summed E-state index contributed by atoms with van der Waals surface area (Å²) < 4.78 is 61.7. The standard InChI is InChI=1S/C15H14F4N2O2/c1-14(16,17)15(18,19)9-23-13-7-12(20-10-21-13)22-8-11-5-3-2-4-6-11/h2-7,10H,8-9H2,1H3. The maximum absolute atomic E-state index is 13.1. The summed E-state index contributed by atoms with van der Waals surface area (Å²) in [5, 5.41) is 0. The van der Waals surface area contributed by atoms with Gasteiger partial charge in [0.25, 0.3) is 0 Å². The highest BCUT2D eigenvalue weighted by Gasteiger charge is 2.53. The van der Waals surface area contributed by atoms with Crippen molar-refractivity contribution in [2.75, 3.05) is 6.61 Å². The lowest BCUT2D eigenvalue weighted by atomic mass is 10.2. The summed E-state index contributed by atoms with van der Waals surface area (Å²) in [6, 6.07) is 10.3. The Kier molecular flexibility index (Phi) is 5.02. The summed E-state index contributed by atoms with van der Waals surface area (Å²) in [6.07, 6.45) is 1.04. The van der Waals surface area contributed by atoms with Crippen LogP contribution in [-0.2, 0) is 6.61 Å². The van der Waals surface area contributed by atoms with Gasteiger partial charge >= 0.3 is 11.8 Å². The molecule has 124 valence electrons. The van der Waals surface area contributed by atoms with Gasteiger partial charge in [0.05, 0.1) is 6.07 Å². The number of benzene rings is 1. The van der Waals surface area contributed by atoms with Crippen molar-refractivity contribution in [3.05, 3.63) is 48.3 Å². The van der Waals surface area contributed by atoms with Crippen molar-refractivity contribution in [2.24, 2.45) is 0 Å². The predicted molar refractivity (Wildman–Crippen MR) is 73.9 cm³/mol. The Bertz CT molecular complexity index is 633. The second-order valence-electron chi connectivity index (χ2n) is 4.85. The van der Waals surface area contributed by atoms with E-state index in [-0.39, 0.29) is 25.3 Å². The molecule has 1 aromatic heterocycles. The summed E-state index contributed by atoms with van der Waals surface area (Å²) in [7, 11) is 0. The quantitative estimate of drug-likeness (QED) is 0.726. The van der Waals surface area contributed by atoms with Gasteiger partial charge in [-0.25, -0.2) is 18.7 Å². The van der Waals surface area contributed by atoms with Crippen LogP contribution >= 0.6 is 0 Å². The molecule has 23 heavy (non-hydrogen) atoms. The zero-order chi connectivity index (χ0) is 16.9. The van der Waals surface area contributed by atoms with Gasteiger partial charge in [-0.2, -0.15) is 8.78 Å². The van der Waals surface area contributed by atoms with Gasteiger partial charge < -0.3 is 9.47 Å². The van der Waals surface area contributed by atoms with E-state index in [0.717, 1.165) is 18.0 Å². The molecule has 2 aromatic rings. The Balaban J connectivity index is 1.95. The number of ether oxygens (including phenoxy) is 2. The number of alkyl halides is 4. The SMILES string of the molecule is CC(F)(F)C(F)(F)COc1cc(OCc2ccccc2)ncn1. The van der Waals surface area contributed by atoms with Crippen molar-refractivity contribution < 1.29 is 27.0 Å². The first kappa shape index (κ1) is 17.0. The van der Waals surface area contributed by atoms with E-state index in [1.54, 1.807) is 0 Å². The number of halogens is 4. The molecule has 4 nitrogen and oxygen atoms in total. The Hall–Kier alpha value is -2.38. The third-order valence-electron chi connectivity index (χ3n) is 2.89. The van der Waals surface area contributed by atoms with Gasteiger partial charge in [0, 0.05) is 6.92 Å². The zero-order valence-electron chi connectivity index (χ0n) is 12.2. The van der Waals surface area contributed by atoms with E-state index in [4.69, 9.17) is 4.74 Å². The molecular weight excluding hydrogens is 316 g/mol. The molecule has 0 aliphatic rings. The fraction of sp³-hybridized carbons (Fsp3) is 0.333. The minimum Gasteiger partial charge on any atom is -0.473 e. The maximum atomic E-state index is 13.1. The van der Waals surface area contributed by atoms with E-state index in [0.29, 0.717) is 0 Å². The van der Waals surface area contributed by atoms with Crippen LogP contribution in [0, 0.1) is 0 Å². The highest BCUT2D eigenvalue weighted by molar-refractivity contribution is 5.20. The first-order valence-corrected chi connectivity index (χ1v) is 6.65. The summed E-state index contributed by atoms with van der Waals surface area (Å²) in [6.45, 7) is -1.16. The minimum atomic E-state index is -4.30. The number of rotatable bonds is 7. The molecule has 0 saturated carbocycles. The Morgan fingerprint density at radius 1 is 0.957 bits per heavy atom. The van der Waals surface area contributed by atoms with Gasteiger partial charge in [-0.3, -0.25) is 0 Å². The minimum absolute atomic E-state index is 0.0884. The normalized spacial score (nSPS) is 12.0. The molecule has 2 rings (SSSR count). The molecule has 0 radical (unpaired) electrons.